The highest BCUT2D eigenvalue weighted by Crippen LogP contribution is 2.30. The van der Waals surface area contributed by atoms with Crippen molar-refractivity contribution in [3.05, 3.63) is 35.6 Å². The highest BCUT2D eigenvalue weighted by atomic mass is 16.6. The number of carbonyl (C=O) groups is 3. The summed E-state index contributed by atoms with van der Waals surface area (Å²) in [5.41, 5.74) is 1.31. The number of ether oxygens (including phenoxy) is 2. The zero-order valence-corrected chi connectivity index (χ0v) is 19.4. The Balaban J connectivity index is 1.43. The topological polar surface area (TPSA) is 120 Å². The number of hydrogen-bond acceptors (Lipinski definition) is 7. The number of hydrogen-bond donors (Lipinski definition) is 3. The molecule has 34 heavy (non-hydrogen) atoms. The van der Waals surface area contributed by atoms with E-state index >= 15 is 0 Å². The molecule has 3 aliphatic heterocycles. The number of anilines is 2. The van der Waals surface area contributed by atoms with E-state index in [4.69, 9.17) is 9.47 Å². The Kier molecular flexibility index (Phi) is 7.56. The molecule has 4 rings (SSSR count). The Hall–Kier alpha value is -3.27. The zero-order chi connectivity index (χ0) is 24.1. The highest BCUT2D eigenvalue weighted by molar-refractivity contribution is 6.23. The number of carbonyl (C=O) groups excluding carboxylic acids is 3. The lowest BCUT2D eigenvalue weighted by Crippen LogP contribution is -2.57. The summed E-state index contributed by atoms with van der Waals surface area (Å²) < 4.78 is 10.0. The number of nitrogens with one attached hydrogen (secondary N) is 2. The van der Waals surface area contributed by atoms with E-state index in [0.29, 0.717) is 18.7 Å². The maximum absolute atomic E-state index is 12.9. The first-order valence-electron chi connectivity index (χ1n) is 11.8. The van der Waals surface area contributed by atoms with Crippen LogP contribution in [0.1, 0.15) is 25.7 Å². The Bertz CT molecular complexity index is 941. The molecule has 3 heterocycles. The molecule has 184 valence electrons. The minimum Gasteiger partial charge on any atom is -0.511 e. The van der Waals surface area contributed by atoms with Crippen molar-refractivity contribution in [2.24, 2.45) is 5.92 Å². The third kappa shape index (κ3) is 5.27. The van der Waals surface area contributed by atoms with E-state index in [1.165, 1.54) is 31.3 Å². The van der Waals surface area contributed by atoms with Crippen molar-refractivity contribution in [1.82, 2.24) is 10.2 Å². The van der Waals surface area contributed by atoms with Crippen LogP contribution in [0, 0.1) is 5.92 Å². The van der Waals surface area contributed by atoms with Gasteiger partial charge in [0.25, 0.3) is 11.8 Å². The Labute approximate surface area is 198 Å². The first-order chi connectivity index (χ1) is 16.5. The predicted molar refractivity (Wildman–Crippen MR) is 126 cm³/mol. The van der Waals surface area contributed by atoms with Crippen LogP contribution in [0.5, 0.6) is 0 Å². The van der Waals surface area contributed by atoms with Crippen LogP contribution >= 0.6 is 0 Å². The van der Waals surface area contributed by atoms with E-state index in [0.717, 1.165) is 18.8 Å². The minimum atomic E-state index is -0.682. The fourth-order valence-electron chi connectivity index (χ4n) is 4.73. The van der Waals surface area contributed by atoms with Gasteiger partial charge < -0.3 is 35.0 Å². The molecule has 0 radical (unpaired) electrons. The minimum absolute atomic E-state index is 0.128. The second-order valence-electron chi connectivity index (χ2n) is 8.84. The van der Waals surface area contributed by atoms with E-state index < -0.39 is 23.8 Å². The molecular formula is C24H32N4O6. The number of aliphatic hydroxyl groups is 1. The number of fused-ring (bicyclic) bond motifs is 1. The number of nitrogens with zero attached hydrogens (tertiary/aromatic N) is 2. The number of rotatable bonds is 6. The quantitative estimate of drug-likeness (QED) is 0.428. The van der Waals surface area contributed by atoms with Gasteiger partial charge >= 0.3 is 6.09 Å². The van der Waals surface area contributed by atoms with Crippen LogP contribution in [0.2, 0.25) is 0 Å². The molecule has 3 N–H and O–H groups in total. The molecule has 3 aliphatic rings. The van der Waals surface area contributed by atoms with Crippen molar-refractivity contribution in [3.63, 3.8) is 0 Å². The van der Waals surface area contributed by atoms with Gasteiger partial charge in [0.2, 0.25) is 0 Å². The van der Waals surface area contributed by atoms with Crippen LogP contribution in [0.25, 0.3) is 0 Å². The fourth-order valence-corrected chi connectivity index (χ4v) is 4.73. The molecular weight excluding hydrogens is 440 g/mol. The molecule has 2 saturated heterocycles. The molecule has 2 fully saturated rings. The van der Waals surface area contributed by atoms with Gasteiger partial charge in [-0.25, -0.2) is 4.79 Å². The van der Waals surface area contributed by atoms with Crippen LogP contribution in [0.15, 0.2) is 35.6 Å². The van der Waals surface area contributed by atoms with Crippen molar-refractivity contribution in [1.29, 1.82) is 0 Å². The monoisotopic (exact) mass is 472 g/mol. The van der Waals surface area contributed by atoms with Crippen LogP contribution in [-0.2, 0) is 19.1 Å². The first kappa shape index (κ1) is 23.9. The number of amides is 3. The van der Waals surface area contributed by atoms with E-state index in [2.05, 4.69) is 15.5 Å². The molecule has 0 saturated carbocycles. The number of benzene rings is 1. The third-order valence-electron chi connectivity index (χ3n) is 6.61. The Morgan fingerprint density at radius 3 is 2.56 bits per heavy atom. The number of likely N-dealkylation sites (tertiary alicyclic amines) is 1. The number of aliphatic hydroxyl groups excluding tert-OH is 1. The van der Waals surface area contributed by atoms with Gasteiger partial charge in [0.05, 0.1) is 12.5 Å². The van der Waals surface area contributed by atoms with Crippen molar-refractivity contribution in [2.45, 2.75) is 31.7 Å². The summed E-state index contributed by atoms with van der Waals surface area (Å²) >= 11 is 0. The molecule has 1 aromatic carbocycles. The lowest BCUT2D eigenvalue weighted by molar-refractivity contribution is -0.124. The van der Waals surface area contributed by atoms with Crippen LogP contribution in [0.3, 0.4) is 0 Å². The summed E-state index contributed by atoms with van der Waals surface area (Å²) in [5, 5.41) is 16.4. The Morgan fingerprint density at radius 2 is 1.85 bits per heavy atom. The van der Waals surface area contributed by atoms with E-state index in [9.17, 15) is 19.5 Å². The molecule has 0 aromatic heterocycles. The molecule has 1 aromatic rings. The maximum atomic E-state index is 12.9. The maximum Gasteiger partial charge on any atom is 0.409 e. The third-order valence-corrected chi connectivity index (χ3v) is 6.61. The smallest absolute Gasteiger partial charge is 0.409 e. The van der Waals surface area contributed by atoms with Crippen LogP contribution < -0.4 is 15.5 Å². The normalized spacial score (nSPS) is 22.7. The molecule has 10 nitrogen and oxygen atoms in total. The van der Waals surface area contributed by atoms with E-state index in [1.54, 1.807) is 12.1 Å². The van der Waals surface area contributed by atoms with Crippen molar-refractivity contribution in [2.75, 3.05) is 56.7 Å². The summed E-state index contributed by atoms with van der Waals surface area (Å²) in [6, 6.07) is 7.12. The molecule has 3 amide bonds. The Morgan fingerprint density at radius 1 is 1.12 bits per heavy atom. The highest BCUT2D eigenvalue weighted by Gasteiger charge is 2.43. The summed E-state index contributed by atoms with van der Waals surface area (Å²) in [5.74, 6) is -2.18. The SMILES string of the molecule is COCCOC(=O)N1CC[C@@H]2NC(=O)C(C(=O)Nc3ccc(N4CCCCC4)cc3)=C(O)[C@H]2C1. The van der Waals surface area contributed by atoms with Gasteiger partial charge in [0, 0.05) is 50.7 Å². The van der Waals surface area contributed by atoms with Crippen molar-refractivity contribution < 1.29 is 29.0 Å². The molecule has 10 heteroatoms. The molecule has 0 spiro atoms. The van der Waals surface area contributed by atoms with Gasteiger partial charge in [-0.15, -0.1) is 0 Å². The van der Waals surface area contributed by atoms with Gasteiger partial charge in [-0.3, -0.25) is 9.59 Å². The van der Waals surface area contributed by atoms with Gasteiger partial charge in [-0.05, 0) is 49.9 Å². The molecule has 2 atom stereocenters. The zero-order valence-electron chi connectivity index (χ0n) is 19.4. The summed E-state index contributed by atoms with van der Waals surface area (Å²) in [6.45, 7) is 2.98. The van der Waals surface area contributed by atoms with E-state index in [1.807, 2.05) is 12.1 Å². The lowest BCUT2D eigenvalue weighted by atomic mass is 9.85. The second-order valence-corrected chi connectivity index (χ2v) is 8.84. The van der Waals surface area contributed by atoms with Crippen molar-refractivity contribution in [3.8, 4) is 0 Å². The number of piperidine rings is 2. The van der Waals surface area contributed by atoms with Gasteiger partial charge in [-0.2, -0.15) is 0 Å². The standard InChI is InChI=1S/C24H32N4O6/c1-33-13-14-34-24(32)28-12-9-19-18(15-28)21(29)20(23(31)26-19)22(30)25-16-5-7-17(8-6-16)27-10-3-2-4-11-27/h5-8,18-19,29H,2-4,9-15H2,1H3,(H,25,30)(H,26,31)/t18-,19-/m0/s1. The molecule has 0 aliphatic carbocycles. The van der Waals surface area contributed by atoms with Crippen LogP contribution in [-0.4, -0.2) is 80.5 Å². The molecule has 0 bridgehead atoms. The average molecular weight is 473 g/mol. The number of methoxy groups -OCH3 is 1. The summed E-state index contributed by atoms with van der Waals surface area (Å²) in [4.78, 5) is 41.6. The van der Waals surface area contributed by atoms with Gasteiger partial charge in [-0.1, -0.05) is 0 Å². The van der Waals surface area contributed by atoms with Crippen LogP contribution in [0.4, 0.5) is 16.2 Å². The molecule has 0 unspecified atom stereocenters. The fraction of sp³-hybridized carbons (Fsp3) is 0.542. The predicted octanol–water partition coefficient (Wildman–Crippen LogP) is 2.03. The largest absolute Gasteiger partial charge is 0.511 e. The lowest BCUT2D eigenvalue weighted by Gasteiger charge is -2.40. The summed E-state index contributed by atoms with van der Waals surface area (Å²) in [6.07, 6.45) is 3.53. The average Bonchev–Trinajstić information content (AvgIpc) is 2.85. The van der Waals surface area contributed by atoms with E-state index in [-0.39, 0.29) is 37.1 Å². The van der Waals surface area contributed by atoms with Gasteiger partial charge in [0.1, 0.15) is 17.9 Å². The first-order valence-corrected chi connectivity index (χ1v) is 11.8. The second kappa shape index (κ2) is 10.8. The summed E-state index contributed by atoms with van der Waals surface area (Å²) in [7, 11) is 1.52. The van der Waals surface area contributed by atoms with Gasteiger partial charge in [0.15, 0.2) is 0 Å². The van der Waals surface area contributed by atoms with Crippen molar-refractivity contribution >= 4 is 29.3 Å².